The predicted octanol–water partition coefficient (Wildman–Crippen LogP) is 3.45. The second-order valence-electron chi connectivity index (χ2n) is 4.84. The van der Waals surface area contributed by atoms with Crippen LogP contribution in [0.25, 0.3) is 0 Å². The molecule has 1 nitrogen and oxygen atoms in total. The first-order valence-corrected chi connectivity index (χ1v) is 5.73. The Hall–Kier alpha value is -0.0400. The van der Waals surface area contributed by atoms with Gasteiger partial charge < -0.3 is 5.32 Å². The van der Waals surface area contributed by atoms with E-state index in [2.05, 4.69) is 46.9 Å². The van der Waals surface area contributed by atoms with Crippen LogP contribution in [0.3, 0.4) is 0 Å². The molecule has 0 radical (unpaired) electrons. The standard InChI is InChI=1S/C12H27N/c1-7-10(4)8-11(5)12(6)13-9(2)3/h9-13H,7-8H2,1-6H3. The zero-order chi connectivity index (χ0) is 10.4. The monoisotopic (exact) mass is 185 g/mol. The summed E-state index contributed by atoms with van der Waals surface area (Å²) in [7, 11) is 0. The van der Waals surface area contributed by atoms with Crippen LogP contribution in [0.15, 0.2) is 0 Å². The lowest BCUT2D eigenvalue weighted by Crippen LogP contribution is -2.37. The zero-order valence-electron chi connectivity index (χ0n) is 10.2. The first-order chi connectivity index (χ1) is 5.97. The number of rotatable bonds is 6. The van der Waals surface area contributed by atoms with E-state index < -0.39 is 0 Å². The van der Waals surface area contributed by atoms with E-state index in [-0.39, 0.29) is 0 Å². The van der Waals surface area contributed by atoms with Gasteiger partial charge in [0.15, 0.2) is 0 Å². The molecule has 0 saturated heterocycles. The molecule has 3 unspecified atom stereocenters. The molecule has 0 aliphatic carbocycles. The van der Waals surface area contributed by atoms with Crippen molar-refractivity contribution in [3.63, 3.8) is 0 Å². The molecule has 0 bridgehead atoms. The number of hydrogen-bond donors (Lipinski definition) is 1. The Morgan fingerprint density at radius 3 is 1.92 bits per heavy atom. The van der Waals surface area contributed by atoms with Gasteiger partial charge in [0.2, 0.25) is 0 Å². The van der Waals surface area contributed by atoms with E-state index in [1.165, 1.54) is 12.8 Å². The summed E-state index contributed by atoms with van der Waals surface area (Å²) in [5.41, 5.74) is 0. The smallest absolute Gasteiger partial charge is 0.00668 e. The first-order valence-electron chi connectivity index (χ1n) is 5.73. The van der Waals surface area contributed by atoms with Crippen LogP contribution in [-0.2, 0) is 0 Å². The molecule has 0 aromatic carbocycles. The Balaban J connectivity index is 3.74. The van der Waals surface area contributed by atoms with Gasteiger partial charge in [-0.25, -0.2) is 0 Å². The predicted molar refractivity (Wildman–Crippen MR) is 61.0 cm³/mol. The van der Waals surface area contributed by atoms with Crippen molar-refractivity contribution in [1.29, 1.82) is 0 Å². The van der Waals surface area contributed by atoms with Crippen LogP contribution in [0.1, 0.15) is 54.4 Å². The van der Waals surface area contributed by atoms with Crippen molar-refractivity contribution in [3.05, 3.63) is 0 Å². The second-order valence-corrected chi connectivity index (χ2v) is 4.84. The largest absolute Gasteiger partial charge is 0.312 e. The van der Waals surface area contributed by atoms with Gasteiger partial charge in [-0.2, -0.15) is 0 Å². The molecule has 0 spiro atoms. The molecular weight excluding hydrogens is 158 g/mol. The van der Waals surface area contributed by atoms with Crippen LogP contribution in [0.2, 0.25) is 0 Å². The van der Waals surface area contributed by atoms with Gasteiger partial charge in [-0.05, 0) is 25.2 Å². The van der Waals surface area contributed by atoms with Crippen LogP contribution in [0, 0.1) is 11.8 Å². The second kappa shape index (κ2) is 6.42. The minimum Gasteiger partial charge on any atom is -0.312 e. The third-order valence-electron chi connectivity index (χ3n) is 2.92. The third kappa shape index (κ3) is 6.09. The highest BCUT2D eigenvalue weighted by molar-refractivity contribution is 4.72. The van der Waals surface area contributed by atoms with Crippen LogP contribution in [-0.4, -0.2) is 12.1 Å². The molecule has 0 heterocycles. The van der Waals surface area contributed by atoms with Crippen molar-refractivity contribution in [2.45, 2.75) is 66.5 Å². The van der Waals surface area contributed by atoms with Crippen LogP contribution >= 0.6 is 0 Å². The first kappa shape index (κ1) is 13.0. The molecule has 80 valence electrons. The van der Waals surface area contributed by atoms with E-state index in [9.17, 15) is 0 Å². The Labute approximate surface area is 84.3 Å². The maximum absolute atomic E-state index is 3.57. The quantitative estimate of drug-likeness (QED) is 0.668. The van der Waals surface area contributed by atoms with Crippen molar-refractivity contribution in [2.75, 3.05) is 0 Å². The molecule has 1 N–H and O–H groups in total. The lowest BCUT2D eigenvalue weighted by atomic mass is 9.90. The Morgan fingerprint density at radius 1 is 1.00 bits per heavy atom. The lowest BCUT2D eigenvalue weighted by molar-refractivity contribution is 0.311. The van der Waals surface area contributed by atoms with E-state index in [1.807, 2.05) is 0 Å². The number of nitrogens with one attached hydrogen (secondary N) is 1. The maximum atomic E-state index is 3.57. The molecule has 13 heavy (non-hydrogen) atoms. The minimum absolute atomic E-state index is 0.606. The maximum Gasteiger partial charge on any atom is 0.00668 e. The minimum atomic E-state index is 0.606. The van der Waals surface area contributed by atoms with Crippen molar-refractivity contribution in [3.8, 4) is 0 Å². The van der Waals surface area contributed by atoms with Crippen LogP contribution in [0.5, 0.6) is 0 Å². The summed E-state index contributed by atoms with van der Waals surface area (Å²) < 4.78 is 0. The summed E-state index contributed by atoms with van der Waals surface area (Å²) in [6.07, 6.45) is 2.65. The van der Waals surface area contributed by atoms with E-state index in [0.29, 0.717) is 12.1 Å². The Kier molecular flexibility index (Phi) is 6.40. The van der Waals surface area contributed by atoms with Crippen molar-refractivity contribution in [1.82, 2.24) is 5.32 Å². The normalized spacial score (nSPS) is 18.7. The molecule has 3 atom stereocenters. The van der Waals surface area contributed by atoms with Crippen LogP contribution < -0.4 is 5.32 Å². The van der Waals surface area contributed by atoms with E-state index >= 15 is 0 Å². The van der Waals surface area contributed by atoms with Crippen molar-refractivity contribution < 1.29 is 0 Å². The highest BCUT2D eigenvalue weighted by Crippen LogP contribution is 2.17. The number of hydrogen-bond acceptors (Lipinski definition) is 1. The molecule has 0 saturated carbocycles. The van der Waals surface area contributed by atoms with Gasteiger partial charge >= 0.3 is 0 Å². The molecule has 0 rings (SSSR count). The summed E-state index contributed by atoms with van der Waals surface area (Å²) in [6.45, 7) is 13.7. The lowest BCUT2D eigenvalue weighted by Gasteiger charge is -2.25. The molecule has 0 aromatic rings. The fraction of sp³-hybridized carbons (Fsp3) is 1.00. The molecule has 0 aromatic heterocycles. The summed E-state index contributed by atoms with van der Waals surface area (Å²) in [5, 5.41) is 3.57. The molecule has 0 aliphatic rings. The van der Waals surface area contributed by atoms with Gasteiger partial charge in [-0.1, -0.05) is 41.0 Å². The average Bonchev–Trinajstić information content (AvgIpc) is 2.02. The van der Waals surface area contributed by atoms with Crippen LogP contribution in [0.4, 0.5) is 0 Å². The molecule has 0 fully saturated rings. The highest BCUT2D eigenvalue weighted by atomic mass is 14.9. The molecular formula is C12H27N. The zero-order valence-corrected chi connectivity index (χ0v) is 10.2. The summed E-state index contributed by atoms with van der Waals surface area (Å²) in [5.74, 6) is 1.66. The van der Waals surface area contributed by atoms with Crippen molar-refractivity contribution in [2.24, 2.45) is 11.8 Å². The van der Waals surface area contributed by atoms with Gasteiger partial charge in [0.1, 0.15) is 0 Å². The van der Waals surface area contributed by atoms with Gasteiger partial charge in [-0.15, -0.1) is 0 Å². The van der Waals surface area contributed by atoms with E-state index in [4.69, 9.17) is 0 Å². The summed E-state index contributed by atoms with van der Waals surface area (Å²) in [4.78, 5) is 0. The fourth-order valence-corrected chi connectivity index (χ4v) is 1.70. The molecule has 0 amide bonds. The molecule has 1 heteroatoms. The Bertz CT molecular complexity index is 120. The van der Waals surface area contributed by atoms with Gasteiger partial charge in [0.05, 0.1) is 0 Å². The SMILES string of the molecule is CCC(C)CC(C)C(C)NC(C)C. The summed E-state index contributed by atoms with van der Waals surface area (Å²) in [6, 6.07) is 1.25. The summed E-state index contributed by atoms with van der Waals surface area (Å²) >= 11 is 0. The van der Waals surface area contributed by atoms with Crippen molar-refractivity contribution >= 4 is 0 Å². The van der Waals surface area contributed by atoms with Gasteiger partial charge in [-0.3, -0.25) is 0 Å². The third-order valence-corrected chi connectivity index (χ3v) is 2.92. The average molecular weight is 185 g/mol. The van der Waals surface area contributed by atoms with Gasteiger partial charge in [0.25, 0.3) is 0 Å². The molecule has 0 aliphatic heterocycles. The van der Waals surface area contributed by atoms with E-state index in [1.54, 1.807) is 0 Å². The van der Waals surface area contributed by atoms with Gasteiger partial charge in [0, 0.05) is 12.1 Å². The topological polar surface area (TPSA) is 12.0 Å². The fourth-order valence-electron chi connectivity index (χ4n) is 1.70. The Morgan fingerprint density at radius 2 is 1.54 bits per heavy atom. The highest BCUT2D eigenvalue weighted by Gasteiger charge is 2.14. The van der Waals surface area contributed by atoms with E-state index in [0.717, 1.165) is 11.8 Å².